The van der Waals surface area contributed by atoms with Crippen molar-refractivity contribution < 1.29 is 0 Å². The van der Waals surface area contributed by atoms with E-state index in [1.54, 1.807) is 17.8 Å². The summed E-state index contributed by atoms with van der Waals surface area (Å²) in [5.41, 5.74) is 0.913. The molecule has 96 valence electrons. The van der Waals surface area contributed by atoms with Crippen LogP contribution in [0.15, 0.2) is 18.3 Å². The molecule has 0 fully saturated rings. The Morgan fingerprint density at radius 3 is 2.61 bits per heavy atom. The minimum atomic E-state index is 0.481. The van der Waals surface area contributed by atoms with Crippen LogP contribution in [0.25, 0.3) is 0 Å². The van der Waals surface area contributed by atoms with Gasteiger partial charge in [-0.1, -0.05) is 23.2 Å². The van der Waals surface area contributed by atoms with Gasteiger partial charge >= 0.3 is 0 Å². The van der Waals surface area contributed by atoms with Gasteiger partial charge in [-0.2, -0.15) is 5.10 Å². The fraction of sp³-hybridized carbons (Fsp3) is 0.273. The van der Waals surface area contributed by atoms with E-state index in [9.17, 15) is 0 Å². The number of halogens is 2. The highest BCUT2D eigenvalue weighted by atomic mass is 35.5. The van der Waals surface area contributed by atoms with Crippen LogP contribution in [0.4, 0.5) is 11.6 Å². The summed E-state index contributed by atoms with van der Waals surface area (Å²) in [5.74, 6) is 1.17. The van der Waals surface area contributed by atoms with Crippen molar-refractivity contribution in [3.63, 3.8) is 0 Å². The molecule has 0 saturated carbocycles. The first-order valence-corrected chi connectivity index (χ1v) is 6.12. The Labute approximate surface area is 115 Å². The smallest absolute Gasteiger partial charge is 0.147 e. The third kappa shape index (κ3) is 2.86. The van der Waals surface area contributed by atoms with E-state index in [-0.39, 0.29) is 0 Å². The Bertz CT molecular complexity index is 552. The van der Waals surface area contributed by atoms with Crippen molar-refractivity contribution in [3.8, 4) is 0 Å². The predicted octanol–water partition coefficient (Wildman–Crippen LogP) is 2.78. The Balaban J connectivity index is 2.13. The van der Waals surface area contributed by atoms with Crippen LogP contribution in [0.5, 0.6) is 0 Å². The monoisotopic (exact) mass is 285 g/mol. The van der Waals surface area contributed by atoms with Gasteiger partial charge in [-0.25, -0.2) is 4.98 Å². The maximum absolute atomic E-state index is 6.07. The van der Waals surface area contributed by atoms with Crippen LogP contribution >= 0.6 is 23.2 Å². The van der Waals surface area contributed by atoms with E-state index < -0.39 is 0 Å². The number of rotatable bonds is 4. The number of nitrogens with zero attached hydrogens (tertiary/aromatic N) is 3. The molecule has 2 N–H and O–H groups in total. The zero-order valence-electron chi connectivity index (χ0n) is 10.0. The lowest BCUT2D eigenvalue weighted by Crippen LogP contribution is -2.05. The lowest BCUT2D eigenvalue weighted by molar-refractivity contribution is 0.747. The van der Waals surface area contributed by atoms with Crippen molar-refractivity contribution in [1.29, 1.82) is 0 Å². The topological polar surface area (TPSA) is 54.8 Å². The Morgan fingerprint density at radius 2 is 2.00 bits per heavy atom. The lowest BCUT2D eigenvalue weighted by atomic mass is 10.4. The number of nitrogens with one attached hydrogen (secondary N) is 2. The quantitative estimate of drug-likeness (QED) is 0.907. The molecule has 0 aliphatic rings. The van der Waals surface area contributed by atoms with Crippen molar-refractivity contribution in [2.75, 3.05) is 17.7 Å². The summed E-state index contributed by atoms with van der Waals surface area (Å²) in [5, 5.41) is 11.3. The van der Waals surface area contributed by atoms with Crippen LogP contribution < -0.4 is 10.6 Å². The standard InChI is InChI=1S/C11H13Cl2N5/c1-14-10-8(12)5-9(13)11(16-10)15-6-7-3-4-18(2)17-7/h3-5H,6H2,1-2H3,(H2,14,15,16). The maximum Gasteiger partial charge on any atom is 0.147 e. The van der Waals surface area contributed by atoms with Crippen LogP contribution in [0.2, 0.25) is 10.0 Å². The van der Waals surface area contributed by atoms with Crippen LogP contribution in [0.3, 0.4) is 0 Å². The van der Waals surface area contributed by atoms with Crippen molar-refractivity contribution in [1.82, 2.24) is 14.8 Å². The molecule has 0 aliphatic heterocycles. The number of hydrogen-bond donors (Lipinski definition) is 2. The fourth-order valence-corrected chi connectivity index (χ4v) is 2.02. The van der Waals surface area contributed by atoms with Gasteiger partial charge in [0.25, 0.3) is 0 Å². The maximum atomic E-state index is 6.07. The van der Waals surface area contributed by atoms with Gasteiger partial charge in [0.2, 0.25) is 0 Å². The van der Waals surface area contributed by atoms with E-state index in [1.807, 2.05) is 19.3 Å². The number of aromatic nitrogens is 3. The summed E-state index contributed by atoms with van der Waals surface area (Å²) < 4.78 is 1.74. The van der Waals surface area contributed by atoms with Crippen molar-refractivity contribution in [2.24, 2.45) is 7.05 Å². The highest BCUT2D eigenvalue weighted by molar-refractivity contribution is 6.37. The van der Waals surface area contributed by atoms with E-state index in [1.165, 1.54) is 0 Å². The largest absolute Gasteiger partial charge is 0.372 e. The molecule has 7 heteroatoms. The Hall–Kier alpha value is -1.46. The van der Waals surface area contributed by atoms with E-state index in [4.69, 9.17) is 23.2 Å². The molecule has 0 amide bonds. The highest BCUT2D eigenvalue weighted by Crippen LogP contribution is 2.28. The van der Waals surface area contributed by atoms with E-state index in [0.29, 0.717) is 28.2 Å². The van der Waals surface area contributed by atoms with Gasteiger partial charge in [-0.3, -0.25) is 4.68 Å². The first-order valence-electron chi connectivity index (χ1n) is 5.36. The van der Waals surface area contributed by atoms with Gasteiger partial charge in [-0.15, -0.1) is 0 Å². The molecule has 0 aromatic carbocycles. The second-order valence-electron chi connectivity index (χ2n) is 3.73. The number of hydrogen-bond acceptors (Lipinski definition) is 4. The minimum absolute atomic E-state index is 0.481. The predicted molar refractivity (Wildman–Crippen MR) is 74.3 cm³/mol. The molecule has 0 unspecified atom stereocenters. The molecule has 2 aromatic rings. The Morgan fingerprint density at radius 1 is 1.28 bits per heavy atom. The van der Waals surface area contributed by atoms with Crippen molar-refractivity contribution >= 4 is 34.8 Å². The summed E-state index contributed by atoms with van der Waals surface area (Å²) in [4.78, 5) is 4.29. The molecule has 0 spiro atoms. The fourth-order valence-electron chi connectivity index (χ4n) is 1.50. The lowest BCUT2D eigenvalue weighted by Gasteiger charge is -2.09. The van der Waals surface area contributed by atoms with E-state index in [2.05, 4.69) is 20.7 Å². The van der Waals surface area contributed by atoms with E-state index >= 15 is 0 Å². The van der Waals surface area contributed by atoms with Crippen molar-refractivity contribution in [3.05, 3.63) is 34.1 Å². The second kappa shape index (κ2) is 5.46. The summed E-state index contributed by atoms with van der Waals surface area (Å²) in [6.45, 7) is 0.554. The molecule has 0 bridgehead atoms. The van der Waals surface area contributed by atoms with Crippen LogP contribution in [0, 0.1) is 0 Å². The first-order chi connectivity index (χ1) is 8.60. The molecule has 5 nitrogen and oxygen atoms in total. The molecule has 0 atom stereocenters. The zero-order chi connectivity index (χ0) is 13.1. The number of pyridine rings is 1. The SMILES string of the molecule is CNc1nc(NCc2ccn(C)n2)c(Cl)cc1Cl. The molecule has 2 rings (SSSR count). The third-order valence-electron chi connectivity index (χ3n) is 2.37. The van der Waals surface area contributed by atoms with E-state index in [0.717, 1.165) is 5.69 Å². The molecular weight excluding hydrogens is 273 g/mol. The average Bonchev–Trinajstić information content (AvgIpc) is 2.74. The molecule has 2 heterocycles. The molecule has 0 aliphatic carbocycles. The van der Waals surface area contributed by atoms with Gasteiger partial charge in [0.15, 0.2) is 0 Å². The third-order valence-corrected chi connectivity index (χ3v) is 2.95. The molecule has 0 saturated heterocycles. The molecule has 18 heavy (non-hydrogen) atoms. The van der Waals surface area contributed by atoms with Gasteiger partial charge in [0.05, 0.1) is 22.3 Å². The number of aryl methyl sites for hydroxylation is 1. The van der Waals surface area contributed by atoms with Crippen LogP contribution in [0.1, 0.15) is 5.69 Å². The van der Waals surface area contributed by atoms with Crippen molar-refractivity contribution in [2.45, 2.75) is 6.54 Å². The zero-order valence-corrected chi connectivity index (χ0v) is 11.5. The first kappa shape index (κ1) is 13.0. The minimum Gasteiger partial charge on any atom is -0.372 e. The van der Waals surface area contributed by atoms with Crippen LogP contribution in [-0.2, 0) is 13.6 Å². The summed E-state index contributed by atoms with van der Waals surface area (Å²) in [6, 6.07) is 3.58. The van der Waals surface area contributed by atoms with Gasteiger partial charge in [0, 0.05) is 20.3 Å². The van der Waals surface area contributed by atoms with Gasteiger partial charge < -0.3 is 10.6 Å². The normalized spacial score (nSPS) is 10.4. The molecular formula is C11H13Cl2N5. The van der Waals surface area contributed by atoms with Crippen LogP contribution in [-0.4, -0.2) is 21.8 Å². The van der Waals surface area contributed by atoms with Gasteiger partial charge in [-0.05, 0) is 12.1 Å². The second-order valence-corrected chi connectivity index (χ2v) is 4.55. The Kier molecular flexibility index (Phi) is 3.93. The highest BCUT2D eigenvalue weighted by Gasteiger charge is 2.08. The molecule has 0 radical (unpaired) electrons. The summed E-state index contributed by atoms with van der Waals surface area (Å²) >= 11 is 12.0. The van der Waals surface area contributed by atoms with Gasteiger partial charge in [0.1, 0.15) is 11.6 Å². The number of anilines is 2. The molecule has 2 aromatic heterocycles. The average molecular weight is 286 g/mol. The summed E-state index contributed by atoms with van der Waals surface area (Å²) in [7, 11) is 3.63. The summed E-state index contributed by atoms with van der Waals surface area (Å²) in [6.07, 6.45) is 1.88.